The van der Waals surface area contributed by atoms with E-state index in [0.29, 0.717) is 26.4 Å². The van der Waals surface area contributed by atoms with Crippen molar-refractivity contribution in [1.82, 2.24) is 5.32 Å². The number of hydrogen-bond acceptors (Lipinski definition) is 5. The molecule has 0 saturated carbocycles. The highest BCUT2D eigenvalue weighted by molar-refractivity contribution is 5.81. The molecule has 0 rings (SSSR count). The lowest BCUT2D eigenvalue weighted by Crippen LogP contribution is -2.26. The number of unbranched alkanes of at least 4 members (excludes halogenated alkanes) is 29. The monoisotopic (exact) mass is 738 g/mol. The van der Waals surface area contributed by atoms with Gasteiger partial charge in [0.2, 0.25) is 5.91 Å². The number of rotatable bonds is 44. The van der Waals surface area contributed by atoms with Crippen LogP contribution in [0.2, 0.25) is 0 Å². The van der Waals surface area contributed by atoms with Crippen molar-refractivity contribution >= 4 is 11.9 Å². The van der Waals surface area contributed by atoms with Gasteiger partial charge in [0.1, 0.15) is 6.10 Å². The van der Waals surface area contributed by atoms with E-state index in [-0.39, 0.29) is 30.8 Å². The summed E-state index contributed by atoms with van der Waals surface area (Å²) in [5.74, 6) is -0.314. The van der Waals surface area contributed by atoms with Gasteiger partial charge in [0.15, 0.2) is 0 Å². The zero-order valence-corrected chi connectivity index (χ0v) is 35.4. The SMILES string of the molecule is CCCCCCCCCCCCCCCCCCC(CCCCCCCCCCCCCCCCC)OC(=O)CCC(=O)NCCCOCCOC. The molecule has 0 radical (unpaired) electrons. The quantitative estimate of drug-likeness (QED) is 0.0498. The highest BCUT2D eigenvalue weighted by atomic mass is 16.5. The van der Waals surface area contributed by atoms with Gasteiger partial charge in [-0.1, -0.05) is 200 Å². The van der Waals surface area contributed by atoms with Crippen molar-refractivity contribution in [2.45, 2.75) is 251 Å². The van der Waals surface area contributed by atoms with E-state index in [1.807, 2.05) is 0 Å². The molecule has 0 aromatic rings. The summed E-state index contributed by atoms with van der Waals surface area (Å²) in [7, 11) is 1.65. The lowest BCUT2D eigenvalue weighted by molar-refractivity contribution is -0.151. The summed E-state index contributed by atoms with van der Waals surface area (Å²) in [6.45, 7) is 6.87. The van der Waals surface area contributed by atoms with Gasteiger partial charge in [-0.2, -0.15) is 0 Å². The van der Waals surface area contributed by atoms with Crippen LogP contribution in [0.25, 0.3) is 0 Å². The summed E-state index contributed by atoms with van der Waals surface area (Å²) in [5.41, 5.74) is 0. The van der Waals surface area contributed by atoms with E-state index >= 15 is 0 Å². The van der Waals surface area contributed by atoms with Gasteiger partial charge >= 0.3 is 5.97 Å². The average molecular weight is 738 g/mol. The maximum Gasteiger partial charge on any atom is 0.306 e. The Kier molecular flexibility index (Phi) is 43.3. The van der Waals surface area contributed by atoms with Crippen LogP contribution in [-0.4, -0.2) is 51.5 Å². The predicted octanol–water partition coefficient (Wildman–Crippen LogP) is 13.8. The molecule has 1 amide bonds. The summed E-state index contributed by atoms with van der Waals surface area (Å²) in [5, 5.41) is 2.89. The number of amides is 1. The number of carbonyl (C=O) groups excluding carboxylic acids is 2. The molecule has 6 heteroatoms. The number of nitrogens with one attached hydrogen (secondary N) is 1. The van der Waals surface area contributed by atoms with Crippen molar-refractivity contribution in [2.24, 2.45) is 0 Å². The van der Waals surface area contributed by atoms with Crippen LogP contribution in [0, 0.1) is 0 Å². The molecule has 0 aliphatic rings. The minimum Gasteiger partial charge on any atom is -0.462 e. The molecule has 0 heterocycles. The normalized spacial score (nSPS) is 12.0. The highest BCUT2D eigenvalue weighted by Gasteiger charge is 2.15. The summed E-state index contributed by atoms with van der Waals surface area (Å²) in [6.07, 6.45) is 45.2. The van der Waals surface area contributed by atoms with Crippen LogP contribution >= 0.6 is 0 Å². The molecule has 1 N–H and O–H groups in total. The van der Waals surface area contributed by atoms with Crippen LogP contribution in [0.1, 0.15) is 245 Å². The molecular weight excluding hydrogens is 647 g/mol. The third-order valence-electron chi connectivity index (χ3n) is 10.6. The molecule has 0 aliphatic carbocycles. The van der Waals surface area contributed by atoms with Gasteiger partial charge in [0.25, 0.3) is 0 Å². The fraction of sp³-hybridized carbons (Fsp3) is 0.957. The van der Waals surface area contributed by atoms with E-state index in [2.05, 4.69) is 19.2 Å². The predicted molar refractivity (Wildman–Crippen MR) is 223 cm³/mol. The van der Waals surface area contributed by atoms with E-state index in [0.717, 1.165) is 32.1 Å². The van der Waals surface area contributed by atoms with Gasteiger partial charge in [-0.25, -0.2) is 0 Å². The first kappa shape index (κ1) is 50.9. The molecule has 0 aliphatic heterocycles. The third-order valence-corrected chi connectivity index (χ3v) is 10.6. The molecule has 0 spiro atoms. The van der Waals surface area contributed by atoms with Crippen LogP contribution in [0.4, 0.5) is 0 Å². The van der Waals surface area contributed by atoms with Crippen molar-refractivity contribution in [2.75, 3.05) is 33.5 Å². The Balaban J connectivity index is 4.14. The van der Waals surface area contributed by atoms with Crippen molar-refractivity contribution in [3.63, 3.8) is 0 Å². The molecular formula is C46H91NO5. The largest absolute Gasteiger partial charge is 0.462 e. The van der Waals surface area contributed by atoms with Crippen molar-refractivity contribution in [1.29, 1.82) is 0 Å². The maximum atomic E-state index is 12.7. The van der Waals surface area contributed by atoms with E-state index in [9.17, 15) is 9.59 Å². The number of ether oxygens (including phenoxy) is 3. The van der Waals surface area contributed by atoms with Crippen LogP contribution < -0.4 is 5.32 Å². The van der Waals surface area contributed by atoms with Crippen LogP contribution in [0.5, 0.6) is 0 Å². The average Bonchev–Trinajstić information content (AvgIpc) is 3.14. The minimum absolute atomic E-state index is 0.00609. The lowest BCUT2D eigenvalue weighted by Gasteiger charge is -2.18. The Morgan fingerprint density at radius 1 is 0.442 bits per heavy atom. The number of hydrogen-bond donors (Lipinski definition) is 1. The Morgan fingerprint density at radius 2 is 0.808 bits per heavy atom. The second-order valence-electron chi connectivity index (χ2n) is 15.8. The molecule has 6 nitrogen and oxygen atoms in total. The fourth-order valence-corrected chi connectivity index (χ4v) is 7.12. The van der Waals surface area contributed by atoms with Gasteiger partial charge in [0, 0.05) is 26.7 Å². The van der Waals surface area contributed by atoms with Gasteiger partial charge < -0.3 is 19.5 Å². The van der Waals surface area contributed by atoms with Crippen molar-refractivity contribution in [3.8, 4) is 0 Å². The first-order valence-electron chi connectivity index (χ1n) is 23.2. The second-order valence-corrected chi connectivity index (χ2v) is 15.8. The first-order valence-corrected chi connectivity index (χ1v) is 23.2. The van der Waals surface area contributed by atoms with E-state index < -0.39 is 0 Å². The molecule has 1 unspecified atom stereocenters. The summed E-state index contributed by atoms with van der Waals surface area (Å²) in [6, 6.07) is 0. The van der Waals surface area contributed by atoms with Crippen molar-refractivity contribution < 1.29 is 23.8 Å². The van der Waals surface area contributed by atoms with E-state index in [1.54, 1.807) is 7.11 Å². The summed E-state index contributed by atoms with van der Waals surface area (Å²) < 4.78 is 16.4. The van der Waals surface area contributed by atoms with E-state index in [1.165, 1.54) is 186 Å². The zero-order valence-electron chi connectivity index (χ0n) is 35.4. The molecule has 0 aromatic heterocycles. The minimum atomic E-state index is -0.222. The second kappa shape index (κ2) is 44.3. The smallest absolute Gasteiger partial charge is 0.306 e. The number of methoxy groups -OCH3 is 1. The molecule has 0 saturated heterocycles. The first-order chi connectivity index (χ1) is 25.6. The number of carbonyl (C=O) groups is 2. The van der Waals surface area contributed by atoms with Gasteiger partial charge in [-0.15, -0.1) is 0 Å². The Hall–Kier alpha value is -1.14. The van der Waals surface area contributed by atoms with Gasteiger partial charge in [0.05, 0.1) is 19.6 Å². The summed E-state index contributed by atoms with van der Waals surface area (Å²) >= 11 is 0. The van der Waals surface area contributed by atoms with Crippen LogP contribution in [-0.2, 0) is 23.8 Å². The third kappa shape index (κ3) is 41.6. The molecule has 0 aromatic carbocycles. The van der Waals surface area contributed by atoms with E-state index in [4.69, 9.17) is 14.2 Å². The molecule has 0 bridgehead atoms. The highest BCUT2D eigenvalue weighted by Crippen LogP contribution is 2.19. The van der Waals surface area contributed by atoms with Crippen molar-refractivity contribution in [3.05, 3.63) is 0 Å². The van der Waals surface area contributed by atoms with Crippen LogP contribution in [0.3, 0.4) is 0 Å². The Bertz CT molecular complexity index is 717. The summed E-state index contributed by atoms with van der Waals surface area (Å²) in [4.78, 5) is 25.0. The Labute approximate surface area is 324 Å². The molecule has 310 valence electrons. The topological polar surface area (TPSA) is 73.9 Å². The molecule has 1 atom stereocenters. The Morgan fingerprint density at radius 3 is 1.17 bits per heavy atom. The maximum absolute atomic E-state index is 12.7. The van der Waals surface area contributed by atoms with Gasteiger partial charge in [-0.3, -0.25) is 9.59 Å². The standard InChI is InChI=1S/C46H91NO5/c1-4-6-8-10-12-14-16-18-20-22-24-26-28-30-32-34-37-44(52-46(49)39-38-45(48)47-40-35-41-51-43-42-50-3)36-33-31-29-27-25-23-21-19-17-15-13-11-9-7-5-2/h44H,4-43H2,1-3H3,(H,47,48). The van der Waals surface area contributed by atoms with Gasteiger partial charge in [-0.05, 0) is 32.1 Å². The lowest BCUT2D eigenvalue weighted by atomic mass is 10.0. The zero-order chi connectivity index (χ0) is 37.8. The van der Waals surface area contributed by atoms with Crippen LogP contribution in [0.15, 0.2) is 0 Å². The molecule has 52 heavy (non-hydrogen) atoms. The molecule has 0 fully saturated rings. The number of esters is 1. The fourth-order valence-electron chi connectivity index (χ4n) is 7.12.